The number of nitrogen functional groups attached to an aromatic ring is 1. The number of benzene rings is 1. The largest absolute Gasteiger partial charge is 0.399 e. The number of fused-ring (bicyclic) bond motifs is 1. The zero-order chi connectivity index (χ0) is 12.7. The van der Waals surface area contributed by atoms with Gasteiger partial charge in [0.1, 0.15) is 0 Å². The molecule has 0 aliphatic carbocycles. The summed E-state index contributed by atoms with van der Waals surface area (Å²) >= 11 is 6.20. The maximum absolute atomic E-state index is 6.20. The summed E-state index contributed by atoms with van der Waals surface area (Å²) in [6.45, 7) is 0. The van der Waals surface area contributed by atoms with Crippen LogP contribution in [0.4, 0.5) is 5.69 Å². The second-order valence-corrected chi connectivity index (χ2v) is 4.64. The van der Waals surface area contributed by atoms with Gasteiger partial charge in [0.25, 0.3) is 0 Å². The van der Waals surface area contributed by atoms with Gasteiger partial charge in [-0.05, 0) is 30.3 Å². The van der Waals surface area contributed by atoms with Crippen LogP contribution in [0.1, 0.15) is 0 Å². The van der Waals surface area contributed by atoms with Crippen LogP contribution in [0.2, 0.25) is 5.02 Å². The van der Waals surface area contributed by atoms with Gasteiger partial charge in [-0.25, -0.2) is 0 Å². The van der Waals surface area contributed by atoms with Crippen molar-refractivity contribution in [1.82, 2.24) is 9.55 Å². The van der Waals surface area contributed by atoms with Crippen molar-refractivity contribution in [1.29, 1.82) is 0 Å². The second-order valence-electron chi connectivity index (χ2n) is 4.24. The van der Waals surface area contributed by atoms with E-state index in [2.05, 4.69) is 9.55 Å². The number of aromatic nitrogens is 2. The van der Waals surface area contributed by atoms with Crippen LogP contribution in [0.25, 0.3) is 22.3 Å². The highest BCUT2D eigenvalue weighted by molar-refractivity contribution is 6.35. The second kappa shape index (κ2) is 4.03. The fourth-order valence-electron chi connectivity index (χ4n) is 2.16. The Balaban J connectivity index is 2.30. The molecule has 3 aromatic rings. The highest BCUT2D eigenvalue weighted by Crippen LogP contribution is 2.30. The van der Waals surface area contributed by atoms with Crippen molar-refractivity contribution in [2.45, 2.75) is 0 Å². The molecule has 0 bridgehead atoms. The molecule has 4 heteroatoms. The number of halogens is 1. The normalized spacial score (nSPS) is 11.0. The molecule has 18 heavy (non-hydrogen) atoms. The van der Waals surface area contributed by atoms with E-state index in [1.54, 1.807) is 12.3 Å². The monoisotopic (exact) mass is 257 g/mol. The van der Waals surface area contributed by atoms with E-state index in [0.29, 0.717) is 5.69 Å². The number of aryl methyl sites for hydroxylation is 1. The van der Waals surface area contributed by atoms with Crippen molar-refractivity contribution in [2.24, 2.45) is 7.05 Å². The molecule has 0 saturated heterocycles. The van der Waals surface area contributed by atoms with Gasteiger partial charge in [0.05, 0.1) is 11.4 Å². The Kier molecular flexibility index (Phi) is 2.49. The lowest BCUT2D eigenvalue weighted by Crippen LogP contribution is -1.94. The van der Waals surface area contributed by atoms with E-state index in [0.717, 1.165) is 27.3 Å². The van der Waals surface area contributed by atoms with Gasteiger partial charge < -0.3 is 10.3 Å². The molecule has 2 N–H and O–H groups in total. The van der Waals surface area contributed by atoms with Crippen LogP contribution in [0.5, 0.6) is 0 Å². The summed E-state index contributed by atoms with van der Waals surface area (Å²) in [6, 6.07) is 11.6. The lowest BCUT2D eigenvalue weighted by Gasteiger charge is -2.04. The highest BCUT2D eigenvalue weighted by atomic mass is 35.5. The van der Waals surface area contributed by atoms with Crippen LogP contribution in [-0.4, -0.2) is 9.55 Å². The first kappa shape index (κ1) is 11.1. The summed E-state index contributed by atoms with van der Waals surface area (Å²) in [5.41, 5.74) is 9.44. The van der Waals surface area contributed by atoms with Gasteiger partial charge in [-0.15, -0.1) is 0 Å². The number of nitrogens with two attached hydrogens (primary N) is 1. The molecule has 1 aromatic carbocycles. The van der Waals surface area contributed by atoms with Crippen molar-refractivity contribution in [2.75, 3.05) is 5.73 Å². The van der Waals surface area contributed by atoms with Crippen LogP contribution in [0.3, 0.4) is 0 Å². The van der Waals surface area contributed by atoms with Gasteiger partial charge in [0, 0.05) is 34.9 Å². The number of hydrogen-bond acceptors (Lipinski definition) is 2. The minimum atomic E-state index is 0.705. The smallest absolute Gasteiger partial charge is 0.0887 e. The molecule has 0 atom stereocenters. The first-order chi connectivity index (χ1) is 8.66. The van der Waals surface area contributed by atoms with Gasteiger partial charge in [-0.1, -0.05) is 17.7 Å². The van der Waals surface area contributed by atoms with E-state index in [-0.39, 0.29) is 0 Å². The van der Waals surface area contributed by atoms with Gasteiger partial charge >= 0.3 is 0 Å². The third-order valence-corrected chi connectivity index (χ3v) is 3.41. The summed E-state index contributed by atoms with van der Waals surface area (Å²) in [5.74, 6) is 0. The maximum atomic E-state index is 6.20. The molecule has 0 saturated carbocycles. The van der Waals surface area contributed by atoms with E-state index < -0.39 is 0 Å². The lowest BCUT2D eigenvalue weighted by molar-refractivity contribution is 0.970. The fourth-order valence-corrected chi connectivity index (χ4v) is 2.38. The molecule has 0 radical (unpaired) electrons. The van der Waals surface area contributed by atoms with Gasteiger partial charge in [-0.2, -0.15) is 0 Å². The van der Waals surface area contributed by atoms with Gasteiger partial charge in [-0.3, -0.25) is 4.98 Å². The minimum absolute atomic E-state index is 0.705. The quantitative estimate of drug-likeness (QED) is 0.725. The number of hydrogen-bond donors (Lipinski definition) is 1. The molecule has 2 aromatic heterocycles. The van der Waals surface area contributed by atoms with Crippen molar-refractivity contribution in [3.63, 3.8) is 0 Å². The van der Waals surface area contributed by atoms with Gasteiger partial charge in [0.2, 0.25) is 0 Å². The number of anilines is 1. The van der Waals surface area contributed by atoms with Crippen molar-refractivity contribution < 1.29 is 0 Å². The van der Waals surface area contributed by atoms with Crippen LogP contribution in [0, 0.1) is 0 Å². The molecule has 2 heterocycles. The Morgan fingerprint density at radius 2 is 2.06 bits per heavy atom. The Bertz CT molecular complexity index is 731. The minimum Gasteiger partial charge on any atom is -0.399 e. The van der Waals surface area contributed by atoms with E-state index in [4.69, 9.17) is 17.3 Å². The van der Waals surface area contributed by atoms with Crippen LogP contribution < -0.4 is 5.73 Å². The van der Waals surface area contributed by atoms with E-state index >= 15 is 0 Å². The highest BCUT2D eigenvalue weighted by Gasteiger charge is 2.10. The van der Waals surface area contributed by atoms with Crippen molar-refractivity contribution >= 4 is 28.2 Å². The maximum Gasteiger partial charge on any atom is 0.0887 e. The third kappa shape index (κ3) is 1.64. The fraction of sp³-hybridized carbons (Fsp3) is 0.0714. The standard InChI is InChI=1S/C14H12ClN3/c1-18-13-4-2-3-11(15)10(13)8-14(18)12-7-9(16)5-6-17-12/h2-8H,1H3,(H2,16,17). The zero-order valence-electron chi connectivity index (χ0n) is 9.89. The summed E-state index contributed by atoms with van der Waals surface area (Å²) in [4.78, 5) is 4.35. The molecular weight excluding hydrogens is 246 g/mol. The zero-order valence-corrected chi connectivity index (χ0v) is 10.6. The van der Waals surface area contributed by atoms with Crippen LogP contribution >= 0.6 is 11.6 Å². The Hall–Kier alpha value is -2.00. The summed E-state index contributed by atoms with van der Waals surface area (Å²) < 4.78 is 2.07. The van der Waals surface area contributed by atoms with E-state index in [1.807, 2.05) is 37.4 Å². The number of rotatable bonds is 1. The molecule has 0 amide bonds. The van der Waals surface area contributed by atoms with E-state index in [9.17, 15) is 0 Å². The molecule has 0 aliphatic rings. The van der Waals surface area contributed by atoms with Crippen LogP contribution in [0.15, 0.2) is 42.6 Å². The van der Waals surface area contributed by atoms with E-state index in [1.165, 1.54) is 0 Å². The topological polar surface area (TPSA) is 43.8 Å². The average Bonchev–Trinajstić information content (AvgIpc) is 2.69. The first-order valence-corrected chi connectivity index (χ1v) is 6.00. The van der Waals surface area contributed by atoms with Crippen molar-refractivity contribution in [3.05, 3.63) is 47.6 Å². The average molecular weight is 258 g/mol. The Morgan fingerprint density at radius 3 is 2.78 bits per heavy atom. The number of nitrogens with zero attached hydrogens (tertiary/aromatic N) is 2. The molecule has 0 aliphatic heterocycles. The molecule has 90 valence electrons. The third-order valence-electron chi connectivity index (χ3n) is 3.08. The molecule has 3 nitrogen and oxygen atoms in total. The SMILES string of the molecule is Cn1c(-c2cc(N)ccn2)cc2c(Cl)cccc21. The van der Waals surface area contributed by atoms with Gasteiger partial charge in [0.15, 0.2) is 0 Å². The predicted molar refractivity (Wildman–Crippen MR) is 75.6 cm³/mol. The summed E-state index contributed by atoms with van der Waals surface area (Å²) in [5, 5.41) is 1.78. The Morgan fingerprint density at radius 1 is 1.22 bits per heavy atom. The summed E-state index contributed by atoms with van der Waals surface area (Å²) in [6.07, 6.45) is 1.71. The lowest BCUT2D eigenvalue weighted by atomic mass is 10.2. The van der Waals surface area contributed by atoms with Crippen molar-refractivity contribution in [3.8, 4) is 11.4 Å². The first-order valence-electron chi connectivity index (χ1n) is 5.62. The molecule has 0 fully saturated rings. The Labute approximate surface area is 110 Å². The molecular formula is C14H12ClN3. The predicted octanol–water partition coefficient (Wildman–Crippen LogP) is 3.48. The van der Waals surface area contributed by atoms with Crippen LogP contribution in [-0.2, 0) is 7.05 Å². The number of pyridine rings is 1. The molecule has 0 unspecified atom stereocenters. The summed E-state index contributed by atoms with van der Waals surface area (Å²) in [7, 11) is 2.00. The molecule has 3 rings (SSSR count). The molecule has 0 spiro atoms.